The summed E-state index contributed by atoms with van der Waals surface area (Å²) < 4.78 is 0. The van der Waals surface area contributed by atoms with Gasteiger partial charge in [-0.1, -0.05) is 36.7 Å². The SMILES string of the molecule is C[C@H]1CC(C)(C)N(C)c2ccc(/C=C(/C#N)C(=O)Nc3ccccc3Cl)cc21. The third-order valence-electron chi connectivity index (χ3n) is 5.46. The quantitative estimate of drug-likeness (QED) is 0.544. The first-order chi connectivity index (χ1) is 13.2. The molecule has 0 fully saturated rings. The van der Waals surface area contributed by atoms with Gasteiger partial charge in [0.15, 0.2) is 0 Å². The van der Waals surface area contributed by atoms with Crippen LogP contribution in [0.2, 0.25) is 5.02 Å². The molecule has 0 spiro atoms. The molecule has 3 rings (SSSR count). The molecule has 0 bridgehead atoms. The van der Waals surface area contributed by atoms with E-state index in [1.165, 1.54) is 11.3 Å². The van der Waals surface area contributed by atoms with Crippen molar-refractivity contribution in [2.75, 3.05) is 17.3 Å². The van der Waals surface area contributed by atoms with Crippen LogP contribution in [0.1, 0.15) is 44.2 Å². The van der Waals surface area contributed by atoms with Crippen molar-refractivity contribution in [1.82, 2.24) is 0 Å². The van der Waals surface area contributed by atoms with Gasteiger partial charge in [-0.15, -0.1) is 0 Å². The molecular formula is C23H24ClN3O. The number of carbonyl (C=O) groups is 1. The lowest BCUT2D eigenvalue weighted by atomic mass is 9.80. The van der Waals surface area contributed by atoms with Crippen LogP contribution in [-0.4, -0.2) is 18.5 Å². The fraction of sp³-hybridized carbons (Fsp3) is 0.304. The van der Waals surface area contributed by atoms with Gasteiger partial charge in [-0.25, -0.2) is 0 Å². The Morgan fingerprint density at radius 3 is 2.71 bits per heavy atom. The Balaban J connectivity index is 1.90. The third-order valence-corrected chi connectivity index (χ3v) is 5.79. The Morgan fingerprint density at radius 1 is 1.32 bits per heavy atom. The van der Waals surface area contributed by atoms with Gasteiger partial charge < -0.3 is 10.2 Å². The van der Waals surface area contributed by atoms with Gasteiger partial charge in [0.05, 0.1) is 10.7 Å². The zero-order chi connectivity index (χ0) is 20.5. The predicted molar refractivity (Wildman–Crippen MR) is 116 cm³/mol. The van der Waals surface area contributed by atoms with Crippen LogP contribution in [0.4, 0.5) is 11.4 Å². The van der Waals surface area contributed by atoms with Crippen molar-refractivity contribution in [3.63, 3.8) is 0 Å². The number of nitriles is 1. The number of benzene rings is 2. The number of carbonyl (C=O) groups excluding carboxylic acids is 1. The van der Waals surface area contributed by atoms with Gasteiger partial charge in [0, 0.05) is 18.3 Å². The maximum Gasteiger partial charge on any atom is 0.266 e. The summed E-state index contributed by atoms with van der Waals surface area (Å²) in [4.78, 5) is 14.8. The summed E-state index contributed by atoms with van der Waals surface area (Å²) in [6, 6.07) is 15.0. The Kier molecular flexibility index (Phi) is 5.49. The highest BCUT2D eigenvalue weighted by Crippen LogP contribution is 2.42. The fourth-order valence-corrected chi connectivity index (χ4v) is 3.94. The average Bonchev–Trinajstić information content (AvgIpc) is 2.65. The van der Waals surface area contributed by atoms with Crippen LogP contribution < -0.4 is 10.2 Å². The number of rotatable bonds is 3. The molecule has 28 heavy (non-hydrogen) atoms. The largest absolute Gasteiger partial charge is 0.369 e. The molecule has 1 aliphatic rings. The van der Waals surface area contributed by atoms with E-state index in [1.807, 2.05) is 12.1 Å². The number of hydrogen-bond donors (Lipinski definition) is 1. The molecule has 1 amide bonds. The van der Waals surface area contributed by atoms with Crippen LogP contribution in [0.25, 0.3) is 6.08 Å². The summed E-state index contributed by atoms with van der Waals surface area (Å²) in [5, 5.41) is 12.6. The molecule has 2 aromatic rings. The smallest absolute Gasteiger partial charge is 0.266 e. The molecule has 0 saturated heterocycles. The van der Waals surface area contributed by atoms with E-state index in [-0.39, 0.29) is 11.1 Å². The van der Waals surface area contributed by atoms with Gasteiger partial charge in [0.1, 0.15) is 11.6 Å². The summed E-state index contributed by atoms with van der Waals surface area (Å²) >= 11 is 6.09. The van der Waals surface area contributed by atoms with Crippen molar-refractivity contribution in [2.24, 2.45) is 0 Å². The first-order valence-corrected chi connectivity index (χ1v) is 9.66. The molecule has 0 radical (unpaired) electrons. The number of hydrogen-bond acceptors (Lipinski definition) is 3. The van der Waals surface area contributed by atoms with Crippen LogP contribution in [0, 0.1) is 11.3 Å². The van der Waals surface area contributed by atoms with Crippen LogP contribution in [0.15, 0.2) is 48.0 Å². The molecule has 144 valence electrons. The highest BCUT2D eigenvalue weighted by atomic mass is 35.5. The minimum Gasteiger partial charge on any atom is -0.369 e. The van der Waals surface area contributed by atoms with Crippen molar-refractivity contribution < 1.29 is 4.79 Å². The molecule has 0 aliphatic carbocycles. The Labute approximate surface area is 171 Å². The van der Waals surface area contributed by atoms with Crippen LogP contribution >= 0.6 is 11.6 Å². The van der Waals surface area contributed by atoms with E-state index in [4.69, 9.17) is 11.6 Å². The maximum absolute atomic E-state index is 12.5. The van der Waals surface area contributed by atoms with Crippen LogP contribution in [-0.2, 0) is 4.79 Å². The molecule has 1 heterocycles. The highest BCUT2D eigenvalue weighted by Gasteiger charge is 2.33. The first kappa shape index (κ1) is 20.0. The molecule has 0 unspecified atom stereocenters. The lowest BCUT2D eigenvalue weighted by molar-refractivity contribution is -0.112. The molecule has 1 atom stereocenters. The van der Waals surface area contributed by atoms with Gasteiger partial charge in [-0.05, 0) is 67.7 Å². The molecule has 2 aromatic carbocycles. The van der Waals surface area contributed by atoms with E-state index in [9.17, 15) is 10.1 Å². The summed E-state index contributed by atoms with van der Waals surface area (Å²) in [6.45, 7) is 6.70. The summed E-state index contributed by atoms with van der Waals surface area (Å²) in [5.41, 5.74) is 3.88. The van der Waals surface area contributed by atoms with E-state index >= 15 is 0 Å². The zero-order valence-electron chi connectivity index (χ0n) is 16.6. The second kappa shape index (κ2) is 7.69. The molecule has 4 nitrogen and oxygen atoms in total. The topological polar surface area (TPSA) is 56.1 Å². The molecular weight excluding hydrogens is 370 g/mol. The number of anilines is 2. The van der Waals surface area contributed by atoms with Gasteiger partial charge in [-0.3, -0.25) is 4.79 Å². The predicted octanol–water partition coefficient (Wildman–Crippen LogP) is 5.61. The Hall–Kier alpha value is -2.77. The number of nitrogens with one attached hydrogen (secondary N) is 1. The van der Waals surface area contributed by atoms with E-state index in [2.05, 4.69) is 50.2 Å². The number of amides is 1. The van der Waals surface area contributed by atoms with Gasteiger partial charge in [-0.2, -0.15) is 5.26 Å². The molecule has 0 aromatic heterocycles. The first-order valence-electron chi connectivity index (χ1n) is 9.28. The Morgan fingerprint density at radius 2 is 2.04 bits per heavy atom. The van der Waals surface area contributed by atoms with Crippen molar-refractivity contribution in [1.29, 1.82) is 5.26 Å². The lowest BCUT2D eigenvalue weighted by Gasteiger charge is -2.45. The number of para-hydroxylation sites is 1. The van der Waals surface area contributed by atoms with Gasteiger partial charge in [0.2, 0.25) is 0 Å². The second-order valence-electron chi connectivity index (χ2n) is 7.90. The Bertz CT molecular complexity index is 988. The standard InChI is InChI=1S/C23H24ClN3O/c1-15-13-23(2,3)27(4)21-10-9-16(12-18(15)21)11-17(14-25)22(28)26-20-8-6-5-7-19(20)24/h5-12,15H,13H2,1-4H3,(H,26,28)/b17-11-/t15-/m0/s1. The number of halogens is 1. The normalized spacial score (nSPS) is 18.2. The van der Waals surface area contributed by atoms with Crippen molar-refractivity contribution in [2.45, 2.75) is 38.6 Å². The van der Waals surface area contributed by atoms with E-state index in [0.717, 1.165) is 12.0 Å². The fourth-order valence-electron chi connectivity index (χ4n) is 3.75. The molecule has 1 aliphatic heterocycles. The average molecular weight is 394 g/mol. The van der Waals surface area contributed by atoms with Crippen molar-refractivity contribution in [3.05, 3.63) is 64.2 Å². The summed E-state index contributed by atoms with van der Waals surface area (Å²) in [7, 11) is 2.11. The van der Waals surface area contributed by atoms with E-state index < -0.39 is 5.91 Å². The van der Waals surface area contributed by atoms with Crippen molar-refractivity contribution in [3.8, 4) is 6.07 Å². The zero-order valence-corrected chi connectivity index (χ0v) is 17.3. The van der Waals surface area contributed by atoms with Crippen molar-refractivity contribution >= 4 is 35.0 Å². The maximum atomic E-state index is 12.5. The minimum atomic E-state index is -0.473. The number of fused-ring (bicyclic) bond motifs is 1. The highest BCUT2D eigenvalue weighted by molar-refractivity contribution is 6.34. The van der Waals surface area contributed by atoms with Gasteiger partial charge >= 0.3 is 0 Å². The number of nitrogens with zero attached hydrogens (tertiary/aromatic N) is 2. The summed E-state index contributed by atoms with van der Waals surface area (Å²) in [5.74, 6) is -0.0725. The lowest BCUT2D eigenvalue weighted by Crippen LogP contribution is -2.45. The summed E-state index contributed by atoms with van der Waals surface area (Å²) in [6.07, 6.45) is 2.67. The monoisotopic (exact) mass is 393 g/mol. The minimum absolute atomic E-state index is 0.0389. The van der Waals surface area contributed by atoms with E-state index in [1.54, 1.807) is 30.3 Å². The van der Waals surface area contributed by atoms with E-state index in [0.29, 0.717) is 16.6 Å². The van der Waals surface area contributed by atoms with Crippen LogP contribution in [0.3, 0.4) is 0 Å². The third kappa shape index (κ3) is 3.90. The second-order valence-corrected chi connectivity index (χ2v) is 8.31. The van der Waals surface area contributed by atoms with Gasteiger partial charge in [0.25, 0.3) is 5.91 Å². The molecule has 0 saturated carbocycles. The molecule has 5 heteroatoms. The molecule has 1 N–H and O–H groups in total. The van der Waals surface area contributed by atoms with Crippen LogP contribution in [0.5, 0.6) is 0 Å².